The number of ketones is 1. The second kappa shape index (κ2) is 2.73. The van der Waals surface area contributed by atoms with Crippen LogP contribution in [0.15, 0.2) is 0 Å². The Bertz CT molecular complexity index is 138. The third-order valence-electron chi connectivity index (χ3n) is 2.60. The van der Waals surface area contributed by atoms with E-state index >= 15 is 0 Å². The van der Waals surface area contributed by atoms with Gasteiger partial charge in [-0.1, -0.05) is 20.8 Å². The van der Waals surface area contributed by atoms with Gasteiger partial charge in [0.15, 0.2) is 0 Å². The van der Waals surface area contributed by atoms with Crippen LogP contribution in [0.25, 0.3) is 0 Å². The van der Waals surface area contributed by atoms with E-state index < -0.39 is 0 Å². The molecule has 0 aliphatic heterocycles. The first-order chi connectivity index (χ1) is 4.61. The van der Waals surface area contributed by atoms with E-state index in [1.807, 2.05) is 0 Å². The molecule has 0 unspecified atom stereocenters. The highest BCUT2D eigenvalue weighted by molar-refractivity contribution is 5.81. The van der Waals surface area contributed by atoms with Gasteiger partial charge in [-0.2, -0.15) is 0 Å². The number of carbonyl (C=O) groups is 1. The Morgan fingerprint density at radius 1 is 1.40 bits per heavy atom. The Labute approximate surface area is 62.8 Å². The molecule has 0 aromatic rings. The van der Waals surface area contributed by atoms with Crippen LogP contribution in [0.1, 0.15) is 33.6 Å². The zero-order chi connectivity index (χ0) is 7.72. The van der Waals surface area contributed by atoms with Gasteiger partial charge in [-0.25, -0.2) is 0 Å². The Kier molecular flexibility index (Phi) is 2.12. The molecule has 1 heteroatoms. The van der Waals surface area contributed by atoms with Gasteiger partial charge in [-0.3, -0.25) is 4.79 Å². The fraction of sp³-hybridized carbons (Fsp3) is 0.889. The standard InChI is InChI=1S/C9H16O/c1-6(2)9-5-8(10)4-7(9)3/h6-7,9H,4-5H2,1-3H3/t7-,9+/m0/s1. The second-order valence-corrected chi connectivity index (χ2v) is 3.83. The molecule has 0 radical (unpaired) electrons. The van der Waals surface area contributed by atoms with Crippen molar-refractivity contribution in [3.8, 4) is 0 Å². The van der Waals surface area contributed by atoms with E-state index in [9.17, 15) is 4.79 Å². The lowest BCUT2D eigenvalue weighted by Gasteiger charge is -2.17. The molecule has 0 heterocycles. The summed E-state index contributed by atoms with van der Waals surface area (Å²) < 4.78 is 0. The highest BCUT2D eigenvalue weighted by Gasteiger charge is 2.31. The van der Waals surface area contributed by atoms with Crippen LogP contribution in [-0.2, 0) is 4.79 Å². The first kappa shape index (κ1) is 7.77. The van der Waals surface area contributed by atoms with E-state index in [-0.39, 0.29) is 0 Å². The van der Waals surface area contributed by atoms with Crippen LogP contribution in [0.3, 0.4) is 0 Å². The topological polar surface area (TPSA) is 17.1 Å². The molecular formula is C9H16O. The lowest BCUT2D eigenvalue weighted by atomic mass is 9.87. The lowest BCUT2D eigenvalue weighted by Crippen LogP contribution is -2.10. The minimum absolute atomic E-state index is 0.464. The summed E-state index contributed by atoms with van der Waals surface area (Å²) in [5.74, 6) is 2.44. The smallest absolute Gasteiger partial charge is 0.133 e. The van der Waals surface area contributed by atoms with Crippen LogP contribution in [0.2, 0.25) is 0 Å². The molecule has 0 spiro atoms. The van der Waals surface area contributed by atoms with Crippen molar-refractivity contribution in [1.82, 2.24) is 0 Å². The van der Waals surface area contributed by atoms with Crippen molar-refractivity contribution >= 4 is 5.78 Å². The van der Waals surface area contributed by atoms with Crippen LogP contribution in [0.4, 0.5) is 0 Å². The third kappa shape index (κ3) is 1.39. The molecule has 1 aliphatic rings. The minimum Gasteiger partial charge on any atom is -0.300 e. The minimum atomic E-state index is 0.464. The molecular weight excluding hydrogens is 124 g/mol. The summed E-state index contributed by atoms with van der Waals surface area (Å²) in [6.45, 7) is 6.61. The molecule has 0 N–H and O–H groups in total. The van der Waals surface area contributed by atoms with Gasteiger partial charge in [-0.15, -0.1) is 0 Å². The van der Waals surface area contributed by atoms with E-state index in [0.29, 0.717) is 23.5 Å². The summed E-state index contributed by atoms with van der Waals surface area (Å²) in [7, 11) is 0. The van der Waals surface area contributed by atoms with Gasteiger partial charge < -0.3 is 0 Å². The van der Waals surface area contributed by atoms with Gasteiger partial charge in [0.1, 0.15) is 5.78 Å². The molecule has 10 heavy (non-hydrogen) atoms. The third-order valence-corrected chi connectivity index (χ3v) is 2.60. The molecule has 0 aromatic carbocycles. The highest BCUT2D eigenvalue weighted by atomic mass is 16.1. The normalized spacial score (nSPS) is 33.8. The van der Waals surface area contributed by atoms with E-state index in [1.54, 1.807) is 0 Å². The number of hydrogen-bond acceptors (Lipinski definition) is 1. The molecule has 2 atom stereocenters. The predicted molar refractivity (Wildman–Crippen MR) is 41.7 cm³/mol. The van der Waals surface area contributed by atoms with E-state index in [1.165, 1.54) is 0 Å². The quantitative estimate of drug-likeness (QED) is 0.546. The largest absolute Gasteiger partial charge is 0.300 e. The number of carbonyl (C=O) groups excluding carboxylic acids is 1. The predicted octanol–water partition coefficient (Wildman–Crippen LogP) is 2.26. The lowest BCUT2D eigenvalue weighted by molar-refractivity contribution is -0.117. The molecule has 58 valence electrons. The number of rotatable bonds is 1. The average Bonchev–Trinajstić information content (AvgIpc) is 2.10. The highest BCUT2D eigenvalue weighted by Crippen LogP contribution is 2.33. The summed E-state index contributed by atoms with van der Waals surface area (Å²) in [5.41, 5.74) is 0. The number of Topliss-reactive ketones (excluding diaryl/α,β-unsaturated/α-hetero) is 1. The molecule has 1 aliphatic carbocycles. The SMILES string of the molecule is CC(C)[C@H]1CC(=O)C[C@@H]1C. The Balaban J connectivity index is 2.54. The van der Waals surface area contributed by atoms with Crippen molar-refractivity contribution in [2.45, 2.75) is 33.6 Å². The maximum atomic E-state index is 11.0. The van der Waals surface area contributed by atoms with Gasteiger partial charge in [-0.05, 0) is 17.8 Å². The van der Waals surface area contributed by atoms with Crippen LogP contribution in [0.5, 0.6) is 0 Å². The maximum absolute atomic E-state index is 11.0. The summed E-state index contributed by atoms with van der Waals surface area (Å²) in [6, 6.07) is 0. The summed E-state index contributed by atoms with van der Waals surface area (Å²) in [6.07, 6.45) is 1.65. The van der Waals surface area contributed by atoms with Crippen molar-refractivity contribution in [2.24, 2.45) is 17.8 Å². The number of hydrogen-bond donors (Lipinski definition) is 0. The molecule has 0 bridgehead atoms. The van der Waals surface area contributed by atoms with E-state index in [0.717, 1.165) is 12.8 Å². The van der Waals surface area contributed by atoms with Crippen molar-refractivity contribution in [2.75, 3.05) is 0 Å². The van der Waals surface area contributed by atoms with E-state index in [4.69, 9.17) is 0 Å². The summed E-state index contributed by atoms with van der Waals surface area (Å²) >= 11 is 0. The molecule has 1 fully saturated rings. The van der Waals surface area contributed by atoms with Gasteiger partial charge >= 0.3 is 0 Å². The summed E-state index contributed by atoms with van der Waals surface area (Å²) in [5, 5.41) is 0. The van der Waals surface area contributed by atoms with Crippen molar-refractivity contribution < 1.29 is 4.79 Å². The monoisotopic (exact) mass is 140 g/mol. The van der Waals surface area contributed by atoms with Gasteiger partial charge in [0, 0.05) is 12.8 Å². The molecule has 0 amide bonds. The molecule has 1 rings (SSSR count). The summed E-state index contributed by atoms with van der Waals surface area (Å²) in [4.78, 5) is 11.0. The second-order valence-electron chi connectivity index (χ2n) is 3.83. The molecule has 0 saturated heterocycles. The fourth-order valence-electron chi connectivity index (χ4n) is 1.95. The van der Waals surface area contributed by atoms with Crippen LogP contribution in [-0.4, -0.2) is 5.78 Å². The zero-order valence-electron chi connectivity index (χ0n) is 7.05. The first-order valence-corrected chi connectivity index (χ1v) is 4.13. The first-order valence-electron chi connectivity index (χ1n) is 4.13. The van der Waals surface area contributed by atoms with Crippen molar-refractivity contribution in [3.63, 3.8) is 0 Å². The molecule has 1 saturated carbocycles. The van der Waals surface area contributed by atoms with Gasteiger partial charge in [0.2, 0.25) is 0 Å². The average molecular weight is 140 g/mol. The van der Waals surface area contributed by atoms with Crippen LogP contribution in [0, 0.1) is 17.8 Å². The van der Waals surface area contributed by atoms with Gasteiger partial charge in [0.25, 0.3) is 0 Å². The van der Waals surface area contributed by atoms with Crippen LogP contribution >= 0.6 is 0 Å². The Hall–Kier alpha value is -0.330. The Morgan fingerprint density at radius 2 is 2.00 bits per heavy atom. The fourth-order valence-corrected chi connectivity index (χ4v) is 1.95. The van der Waals surface area contributed by atoms with Crippen molar-refractivity contribution in [3.05, 3.63) is 0 Å². The van der Waals surface area contributed by atoms with Crippen molar-refractivity contribution in [1.29, 1.82) is 0 Å². The maximum Gasteiger partial charge on any atom is 0.133 e. The Morgan fingerprint density at radius 3 is 2.20 bits per heavy atom. The van der Waals surface area contributed by atoms with E-state index in [2.05, 4.69) is 20.8 Å². The van der Waals surface area contributed by atoms with Gasteiger partial charge in [0.05, 0.1) is 0 Å². The molecule has 0 aromatic heterocycles. The zero-order valence-corrected chi connectivity index (χ0v) is 7.05. The molecule has 1 nitrogen and oxygen atoms in total. The van der Waals surface area contributed by atoms with Crippen LogP contribution < -0.4 is 0 Å².